The molecule has 4 nitrogen and oxygen atoms in total. The van der Waals surface area contributed by atoms with E-state index in [1.54, 1.807) is 0 Å². The van der Waals surface area contributed by atoms with E-state index in [0.29, 0.717) is 17.5 Å². The van der Waals surface area contributed by atoms with Crippen LogP contribution in [0.5, 0.6) is 0 Å². The van der Waals surface area contributed by atoms with E-state index in [0.717, 1.165) is 38.4 Å². The van der Waals surface area contributed by atoms with Crippen LogP contribution < -0.4 is 10.6 Å². The fraction of sp³-hybridized carbons (Fsp3) is 0.0357. The number of rotatable bonds is 3. The van der Waals surface area contributed by atoms with Crippen molar-refractivity contribution in [3.05, 3.63) is 103 Å². The van der Waals surface area contributed by atoms with Crippen molar-refractivity contribution >= 4 is 17.8 Å². The number of benzene rings is 4. The van der Waals surface area contributed by atoms with Gasteiger partial charge in [0.2, 0.25) is 0 Å². The maximum Gasteiger partial charge on any atom is 0.164 e. The zero-order chi connectivity index (χ0) is 22.4. The van der Waals surface area contributed by atoms with Crippen LogP contribution in [0.4, 0.5) is 0 Å². The molecule has 1 unspecified atom stereocenters. The van der Waals surface area contributed by atoms with E-state index < -0.39 is 7.14 Å². The van der Waals surface area contributed by atoms with Crippen LogP contribution in [0.25, 0.3) is 45.3 Å². The summed E-state index contributed by atoms with van der Waals surface area (Å²) in [6, 6.07) is 33.8. The van der Waals surface area contributed by atoms with Crippen LogP contribution in [-0.2, 0) is 4.57 Å². The molecular formula is C28H20N3OP. The van der Waals surface area contributed by atoms with E-state index >= 15 is 0 Å². The molecule has 33 heavy (non-hydrogen) atoms. The third-order valence-electron chi connectivity index (χ3n) is 6.07. The minimum absolute atomic E-state index is 0.571. The first-order chi connectivity index (χ1) is 16.1. The number of aromatic nitrogens is 3. The fourth-order valence-corrected chi connectivity index (χ4v) is 6.72. The predicted octanol–water partition coefficient (Wildman–Crippen LogP) is 5.80. The summed E-state index contributed by atoms with van der Waals surface area (Å²) in [6.45, 7) is 1.85. The molecule has 5 aromatic rings. The lowest BCUT2D eigenvalue weighted by atomic mass is 10.0. The van der Waals surface area contributed by atoms with Gasteiger partial charge < -0.3 is 4.57 Å². The second-order valence-electron chi connectivity index (χ2n) is 8.21. The minimum atomic E-state index is -2.68. The zero-order valence-electron chi connectivity index (χ0n) is 18.0. The summed E-state index contributed by atoms with van der Waals surface area (Å²) in [5.74, 6) is 1.80. The number of fused-ring (bicyclic) bond motifs is 3. The number of hydrogen-bond acceptors (Lipinski definition) is 4. The van der Waals surface area contributed by atoms with E-state index in [1.807, 2.05) is 110 Å². The Morgan fingerprint density at radius 3 is 1.61 bits per heavy atom. The molecular weight excluding hydrogens is 425 g/mol. The highest BCUT2D eigenvalue weighted by atomic mass is 31.2. The SMILES string of the molecule is CP1(=O)c2ccccc2-c2ccc(-c3nc(-c4ccccc4)nc(-c4ccccc4)n3)cc21. The lowest BCUT2D eigenvalue weighted by molar-refractivity contribution is 0.591. The average molecular weight is 445 g/mol. The highest BCUT2D eigenvalue weighted by Crippen LogP contribution is 2.50. The third kappa shape index (κ3) is 3.31. The van der Waals surface area contributed by atoms with Gasteiger partial charge >= 0.3 is 0 Å². The maximum absolute atomic E-state index is 13.8. The molecule has 0 radical (unpaired) electrons. The van der Waals surface area contributed by atoms with Crippen molar-refractivity contribution in [1.29, 1.82) is 0 Å². The summed E-state index contributed by atoms with van der Waals surface area (Å²) in [5.41, 5.74) is 4.76. The van der Waals surface area contributed by atoms with Crippen LogP contribution in [-0.4, -0.2) is 21.6 Å². The molecule has 0 saturated carbocycles. The van der Waals surface area contributed by atoms with Gasteiger partial charge in [-0.2, -0.15) is 0 Å². The molecule has 5 heteroatoms. The Hall–Kier alpha value is -3.88. The zero-order valence-corrected chi connectivity index (χ0v) is 18.9. The first-order valence-electron chi connectivity index (χ1n) is 10.8. The second kappa shape index (κ2) is 7.61. The molecule has 0 N–H and O–H groups in total. The van der Waals surface area contributed by atoms with Crippen LogP contribution in [0, 0.1) is 0 Å². The molecule has 0 saturated heterocycles. The van der Waals surface area contributed by atoms with Crippen molar-refractivity contribution in [1.82, 2.24) is 15.0 Å². The Kier molecular flexibility index (Phi) is 4.56. The van der Waals surface area contributed by atoms with E-state index in [2.05, 4.69) is 0 Å². The number of hydrogen-bond donors (Lipinski definition) is 0. The topological polar surface area (TPSA) is 55.7 Å². The Morgan fingerprint density at radius 2 is 1.00 bits per heavy atom. The Labute approximate surface area is 192 Å². The largest absolute Gasteiger partial charge is 0.314 e. The summed E-state index contributed by atoms with van der Waals surface area (Å²) in [7, 11) is -2.68. The molecule has 2 heterocycles. The standard InChI is InChI=1S/C28H20N3OP/c1-33(32)24-15-9-8-14-22(24)23-17-16-21(18-25(23)33)28-30-26(19-10-4-2-5-11-19)29-27(31-28)20-12-6-3-7-13-20/h2-18H,1H3. The van der Waals surface area contributed by atoms with Gasteiger partial charge in [-0.15, -0.1) is 0 Å². The van der Waals surface area contributed by atoms with Gasteiger partial charge in [-0.1, -0.05) is 97.1 Å². The normalized spacial score (nSPS) is 16.3. The Morgan fingerprint density at radius 1 is 0.515 bits per heavy atom. The predicted molar refractivity (Wildman–Crippen MR) is 134 cm³/mol. The van der Waals surface area contributed by atoms with Crippen molar-refractivity contribution < 1.29 is 4.57 Å². The lowest BCUT2D eigenvalue weighted by Crippen LogP contribution is -2.09. The second-order valence-corrected chi connectivity index (χ2v) is 11.0. The molecule has 0 amide bonds. The van der Waals surface area contributed by atoms with Gasteiger partial charge in [0.1, 0.15) is 7.14 Å². The van der Waals surface area contributed by atoms with Gasteiger partial charge in [0, 0.05) is 27.3 Å². The van der Waals surface area contributed by atoms with Crippen molar-refractivity contribution in [3.63, 3.8) is 0 Å². The van der Waals surface area contributed by atoms with Crippen LogP contribution in [0.15, 0.2) is 103 Å². The first-order valence-corrected chi connectivity index (χ1v) is 13.0. The molecule has 4 aromatic carbocycles. The van der Waals surface area contributed by atoms with Gasteiger partial charge in [-0.3, -0.25) is 0 Å². The molecule has 0 bridgehead atoms. The Balaban J connectivity index is 1.55. The number of nitrogens with zero attached hydrogens (tertiary/aromatic N) is 3. The van der Waals surface area contributed by atoms with E-state index in [-0.39, 0.29) is 0 Å². The lowest BCUT2D eigenvalue weighted by Gasteiger charge is -2.11. The molecule has 158 valence electrons. The maximum atomic E-state index is 13.8. The average Bonchev–Trinajstić information content (AvgIpc) is 3.11. The van der Waals surface area contributed by atoms with Gasteiger partial charge in [0.25, 0.3) is 0 Å². The minimum Gasteiger partial charge on any atom is -0.314 e. The molecule has 1 atom stereocenters. The van der Waals surface area contributed by atoms with Gasteiger partial charge in [0.15, 0.2) is 17.5 Å². The van der Waals surface area contributed by atoms with E-state index in [1.165, 1.54) is 0 Å². The molecule has 0 spiro atoms. The van der Waals surface area contributed by atoms with Gasteiger partial charge in [-0.05, 0) is 23.9 Å². The van der Waals surface area contributed by atoms with Gasteiger partial charge in [0.05, 0.1) is 0 Å². The quantitative estimate of drug-likeness (QED) is 0.330. The summed E-state index contributed by atoms with van der Waals surface area (Å²) in [4.78, 5) is 14.4. The van der Waals surface area contributed by atoms with Crippen molar-refractivity contribution in [3.8, 4) is 45.3 Å². The Bertz CT molecular complexity index is 1490. The summed E-state index contributed by atoms with van der Waals surface area (Å²) in [5, 5.41) is 1.78. The monoisotopic (exact) mass is 445 g/mol. The van der Waals surface area contributed by atoms with E-state index in [4.69, 9.17) is 15.0 Å². The summed E-state index contributed by atoms with van der Waals surface area (Å²) in [6.07, 6.45) is 0. The summed E-state index contributed by atoms with van der Waals surface area (Å²) < 4.78 is 13.8. The van der Waals surface area contributed by atoms with Crippen LogP contribution in [0.3, 0.4) is 0 Å². The molecule has 1 aliphatic heterocycles. The van der Waals surface area contributed by atoms with Crippen LogP contribution >= 0.6 is 7.14 Å². The molecule has 6 rings (SSSR count). The highest BCUT2D eigenvalue weighted by Gasteiger charge is 2.34. The smallest absolute Gasteiger partial charge is 0.164 e. The molecule has 0 fully saturated rings. The van der Waals surface area contributed by atoms with Crippen LogP contribution in [0.1, 0.15) is 0 Å². The molecule has 1 aromatic heterocycles. The highest BCUT2D eigenvalue weighted by molar-refractivity contribution is 7.79. The van der Waals surface area contributed by atoms with Crippen LogP contribution in [0.2, 0.25) is 0 Å². The third-order valence-corrected chi connectivity index (χ3v) is 8.67. The van der Waals surface area contributed by atoms with Crippen molar-refractivity contribution in [2.75, 3.05) is 6.66 Å². The fourth-order valence-electron chi connectivity index (χ4n) is 4.39. The van der Waals surface area contributed by atoms with Crippen molar-refractivity contribution in [2.45, 2.75) is 0 Å². The van der Waals surface area contributed by atoms with Gasteiger partial charge in [-0.25, -0.2) is 15.0 Å². The first kappa shape index (κ1) is 19.8. The molecule has 0 aliphatic carbocycles. The van der Waals surface area contributed by atoms with Crippen molar-refractivity contribution in [2.24, 2.45) is 0 Å². The summed E-state index contributed by atoms with van der Waals surface area (Å²) >= 11 is 0. The van der Waals surface area contributed by atoms with E-state index in [9.17, 15) is 4.57 Å². The molecule has 1 aliphatic rings.